The lowest BCUT2D eigenvalue weighted by Gasteiger charge is -2.46. The van der Waals surface area contributed by atoms with Crippen LogP contribution in [0.3, 0.4) is 0 Å². The van der Waals surface area contributed by atoms with Crippen LogP contribution >= 0.6 is 0 Å². The van der Waals surface area contributed by atoms with E-state index in [-0.39, 0.29) is 19.0 Å². The van der Waals surface area contributed by atoms with Crippen molar-refractivity contribution in [3.8, 4) is 22.8 Å². The van der Waals surface area contributed by atoms with Gasteiger partial charge in [0.1, 0.15) is 17.3 Å². The molecule has 0 radical (unpaired) electrons. The molecule has 49 heavy (non-hydrogen) atoms. The Morgan fingerprint density at radius 2 is 1.63 bits per heavy atom. The van der Waals surface area contributed by atoms with Crippen LogP contribution in [-0.4, -0.2) is 121 Å². The molecular weight excluding hydrogens is 627 g/mol. The van der Waals surface area contributed by atoms with E-state index in [9.17, 15) is 9.59 Å². The van der Waals surface area contributed by atoms with E-state index in [2.05, 4.69) is 15.2 Å². The van der Waals surface area contributed by atoms with E-state index < -0.39 is 11.6 Å². The first-order valence-electron chi connectivity index (χ1n) is 16.1. The van der Waals surface area contributed by atoms with Crippen molar-refractivity contribution >= 4 is 40.0 Å². The molecule has 2 amide bonds. The number of carbonyl (C=O) groups is 2. The maximum Gasteiger partial charge on any atom is 0.264 e. The largest absolute Gasteiger partial charge is 0.497 e. The highest BCUT2D eigenvalue weighted by atomic mass is 19.1. The van der Waals surface area contributed by atoms with Gasteiger partial charge in [-0.3, -0.25) is 14.6 Å². The number of likely N-dealkylation sites (tertiary alicyclic amines) is 1. The molecule has 2 aromatic carbocycles. The number of anilines is 3. The summed E-state index contributed by atoms with van der Waals surface area (Å²) in [6.07, 6.45) is 4.92. The Morgan fingerprint density at radius 3 is 2.29 bits per heavy atom. The molecule has 2 fully saturated rings. The van der Waals surface area contributed by atoms with Crippen LogP contribution in [0.5, 0.6) is 11.5 Å². The predicted octanol–water partition coefficient (Wildman–Crippen LogP) is 4.08. The first kappa shape index (κ1) is 33.6. The number of piperazine rings is 1. The molecule has 0 aliphatic carbocycles. The number of halogens is 1. The van der Waals surface area contributed by atoms with Gasteiger partial charge in [0.05, 0.1) is 50.2 Å². The van der Waals surface area contributed by atoms with Gasteiger partial charge in [-0.25, -0.2) is 14.4 Å². The van der Waals surface area contributed by atoms with E-state index in [0.717, 1.165) is 39.5 Å². The molecule has 0 spiro atoms. The second kappa shape index (κ2) is 14.0. The average Bonchev–Trinajstić information content (AvgIpc) is 3.09. The SMILES string of the molecule is COc1cc(Nc2ccc3ncc(-c4ccc(N5CCN(C(=O)C6(F)CN(C(=O)/C=C/CN(C)C)C6)CC5)nc4C)nc3c2)cc(OC)c1. The van der Waals surface area contributed by atoms with Crippen molar-refractivity contribution in [1.82, 2.24) is 29.7 Å². The predicted molar refractivity (Wildman–Crippen MR) is 187 cm³/mol. The highest BCUT2D eigenvalue weighted by molar-refractivity contribution is 5.94. The summed E-state index contributed by atoms with van der Waals surface area (Å²) in [4.78, 5) is 46.7. The molecule has 13 heteroatoms. The van der Waals surface area contributed by atoms with Crippen LogP contribution < -0.4 is 19.7 Å². The van der Waals surface area contributed by atoms with Gasteiger partial charge in [0, 0.05) is 79.6 Å². The highest BCUT2D eigenvalue weighted by Gasteiger charge is 2.53. The number of ether oxygens (including phenoxy) is 2. The van der Waals surface area contributed by atoms with E-state index in [1.165, 1.54) is 11.0 Å². The van der Waals surface area contributed by atoms with Crippen LogP contribution in [0, 0.1) is 6.92 Å². The highest BCUT2D eigenvalue weighted by Crippen LogP contribution is 2.31. The molecule has 1 N–H and O–H groups in total. The van der Waals surface area contributed by atoms with Gasteiger partial charge < -0.3 is 34.4 Å². The fourth-order valence-electron chi connectivity index (χ4n) is 6.00. The van der Waals surface area contributed by atoms with Gasteiger partial charge in [0.25, 0.3) is 5.91 Å². The summed E-state index contributed by atoms with van der Waals surface area (Å²) in [5, 5.41) is 3.39. The molecule has 12 nitrogen and oxygen atoms in total. The minimum atomic E-state index is -2.04. The van der Waals surface area contributed by atoms with Gasteiger partial charge in [0.15, 0.2) is 0 Å². The number of amides is 2. The van der Waals surface area contributed by atoms with Crippen molar-refractivity contribution in [2.24, 2.45) is 0 Å². The molecule has 0 bridgehead atoms. The topological polar surface area (TPSA) is 116 Å². The maximum absolute atomic E-state index is 15.4. The molecule has 2 aliphatic rings. The third-order valence-electron chi connectivity index (χ3n) is 8.73. The van der Waals surface area contributed by atoms with E-state index in [1.54, 1.807) is 31.4 Å². The third-order valence-corrected chi connectivity index (χ3v) is 8.73. The Hall–Kier alpha value is -5.30. The van der Waals surface area contributed by atoms with Crippen molar-refractivity contribution in [3.63, 3.8) is 0 Å². The van der Waals surface area contributed by atoms with E-state index >= 15 is 4.39 Å². The number of aromatic nitrogens is 3. The number of carbonyl (C=O) groups excluding carboxylic acids is 2. The summed E-state index contributed by atoms with van der Waals surface area (Å²) in [5.41, 5.74) is 3.47. The summed E-state index contributed by atoms with van der Waals surface area (Å²) >= 11 is 0. The van der Waals surface area contributed by atoms with Crippen LogP contribution in [0.1, 0.15) is 5.69 Å². The Balaban J connectivity index is 1.08. The molecule has 4 heterocycles. The molecule has 0 saturated carbocycles. The number of nitrogens with zero attached hydrogens (tertiary/aromatic N) is 7. The van der Waals surface area contributed by atoms with Crippen LogP contribution in [0.4, 0.5) is 21.6 Å². The number of pyridine rings is 1. The monoisotopic (exact) mass is 668 g/mol. The summed E-state index contributed by atoms with van der Waals surface area (Å²) < 4.78 is 26.2. The summed E-state index contributed by atoms with van der Waals surface area (Å²) in [6, 6.07) is 15.3. The second-order valence-corrected chi connectivity index (χ2v) is 12.6. The number of hydrogen-bond acceptors (Lipinski definition) is 10. The minimum Gasteiger partial charge on any atom is -0.497 e. The number of nitrogens with one attached hydrogen (secondary N) is 1. The zero-order chi connectivity index (χ0) is 34.7. The van der Waals surface area contributed by atoms with Crippen LogP contribution in [0.15, 0.2) is 66.9 Å². The van der Waals surface area contributed by atoms with Crippen molar-refractivity contribution in [2.75, 3.05) is 84.3 Å². The molecule has 2 aromatic heterocycles. The Kier molecular flexibility index (Phi) is 9.63. The summed E-state index contributed by atoms with van der Waals surface area (Å²) in [7, 11) is 7.02. The number of hydrogen-bond donors (Lipinski definition) is 1. The number of benzene rings is 2. The number of likely N-dealkylation sites (N-methyl/N-ethyl adjacent to an activating group) is 1. The first-order chi connectivity index (χ1) is 23.5. The lowest BCUT2D eigenvalue weighted by molar-refractivity contribution is -0.162. The Morgan fingerprint density at radius 1 is 0.918 bits per heavy atom. The summed E-state index contributed by atoms with van der Waals surface area (Å²) in [6.45, 7) is 3.91. The molecule has 6 rings (SSSR count). The van der Waals surface area contributed by atoms with Crippen LogP contribution in [0.25, 0.3) is 22.3 Å². The lowest BCUT2D eigenvalue weighted by atomic mass is 9.94. The fraction of sp³-hybridized carbons (Fsp3) is 0.361. The number of fused-ring (bicyclic) bond motifs is 1. The second-order valence-electron chi connectivity index (χ2n) is 12.6. The van der Waals surface area contributed by atoms with Crippen molar-refractivity contribution in [3.05, 3.63) is 72.6 Å². The van der Waals surface area contributed by atoms with Crippen molar-refractivity contribution in [1.29, 1.82) is 0 Å². The smallest absolute Gasteiger partial charge is 0.264 e. The lowest BCUT2D eigenvalue weighted by Crippen LogP contribution is -2.68. The van der Waals surface area contributed by atoms with Crippen molar-refractivity contribution < 1.29 is 23.5 Å². The van der Waals surface area contributed by atoms with E-state index in [1.807, 2.05) is 74.4 Å². The standard InChI is InChI=1S/C36H41FN8O4/c1-24-29(32-21-38-30-10-8-25(19-31(30)41-32)40-26-17-27(48-4)20-28(18-26)49-5)9-11-33(39-24)43-13-15-44(16-14-43)35(47)36(37)22-45(23-36)34(46)7-6-12-42(2)3/h6-11,17-21,40H,12-16,22-23H2,1-5H3/b7-6+. The number of methoxy groups -OCH3 is 2. The van der Waals surface area contributed by atoms with Gasteiger partial charge in [-0.1, -0.05) is 6.08 Å². The number of rotatable bonds is 10. The summed E-state index contributed by atoms with van der Waals surface area (Å²) in [5.74, 6) is 1.31. The number of alkyl halides is 1. The van der Waals surface area contributed by atoms with Crippen molar-refractivity contribution in [2.45, 2.75) is 12.6 Å². The van der Waals surface area contributed by atoms with Gasteiger partial charge in [-0.15, -0.1) is 0 Å². The van der Waals surface area contributed by atoms with E-state index in [0.29, 0.717) is 49.9 Å². The third kappa shape index (κ3) is 7.41. The normalized spacial score (nSPS) is 15.9. The average molecular weight is 669 g/mol. The quantitative estimate of drug-likeness (QED) is 0.248. The molecule has 256 valence electrons. The molecule has 2 saturated heterocycles. The van der Waals surface area contributed by atoms with Gasteiger partial charge in [-0.05, 0) is 51.4 Å². The first-order valence-corrected chi connectivity index (χ1v) is 16.1. The molecule has 4 aromatic rings. The van der Waals surface area contributed by atoms with E-state index in [4.69, 9.17) is 19.4 Å². The minimum absolute atomic E-state index is 0.216. The zero-order valence-electron chi connectivity index (χ0n) is 28.4. The molecule has 0 atom stereocenters. The Labute approximate surface area is 285 Å². The zero-order valence-corrected chi connectivity index (χ0v) is 28.4. The van der Waals surface area contributed by atoms with Crippen LogP contribution in [0.2, 0.25) is 0 Å². The van der Waals surface area contributed by atoms with Crippen LogP contribution in [-0.2, 0) is 9.59 Å². The molecular formula is C36H41FN8O4. The fourth-order valence-corrected chi connectivity index (χ4v) is 6.00. The van der Waals surface area contributed by atoms with Gasteiger partial charge >= 0.3 is 0 Å². The van der Waals surface area contributed by atoms with Gasteiger partial charge in [0.2, 0.25) is 11.6 Å². The number of aryl methyl sites for hydroxylation is 1. The molecule has 0 unspecified atom stereocenters. The Bertz CT molecular complexity index is 1860. The molecule has 2 aliphatic heterocycles. The maximum atomic E-state index is 15.4. The van der Waals surface area contributed by atoms with Gasteiger partial charge in [-0.2, -0.15) is 0 Å².